The van der Waals surface area contributed by atoms with E-state index in [1.165, 1.54) is 0 Å². The van der Waals surface area contributed by atoms with Gasteiger partial charge in [-0.1, -0.05) is 0 Å². The molecule has 2 unspecified atom stereocenters. The highest BCUT2D eigenvalue weighted by molar-refractivity contribution is 5.79. The van der Waals surface area contributed by atoms with Gasteiger partial charge in [0.1, 0.15) is 0 Å². The Morgan fingerprint density at radius 2 is 1.73 bits per heavy atom. The number of aromatic hydroxyl groups is 1. The maximum absolute atomic E-state index is 12.7. The lowest BCUT2D eigenvalue weighted by Gasteiger charge is -2.34. The van der Waals surface area contributed by atoms with Crippen LogP contribution < -0.4 is 23.7 Å². The molecule has 8 nitrogen and oxygen atoms in total. The van der Waals surface area contributed by atoms with Crippen LogP contribution in [0.25, 0.3) is 0 Å². The summed E-state index contributed by atoms with van der Waals surface area (Å²) in [5.74, 6) is 1.27. The van der Waals surface area contributed by atoms with Crippen molar-refractivity contribution in [2.75, 3.05) is 34.7 Å². The Bertz CT molecular complexity index is 1010. The van der Waals surface area contributed by atoms with E-state index in [1.54, 1.807) is 21.3 Å². The highest BCUT2D eigenvalue weighted by Crippen LogP contribution is 2.55. The summed E-state index contributed by atoms with van der Waals surface area (Å²) < 4.78 is 32.9. The molecule has 0 radical (unpaired) electrons. The standard InChI is InChI=1S/C22H22O8/c1-25-14-5-10(6-15(26-2)20(14)27-3)17-12-7-16-21(30-9-29-16)19(23)13(12)4-11-8-28-22(24)18(11)17/h5-7,11,17-18,23H,4,8-9H2,1-3H3/t11?,17?,18-/m0/s1. The number of esters is 1. The van der Waals surface area contributed by atoms with Crippen LogP contribution in [0.15, 0.2) is 18.2 Å². The number of fused-ring (bicyclic) bond motifs is 3. The Kier molecular flexibility index (Phi) is 4.30. The second kappa shape index (κ2) is 6.90. The lowest BCUT2D eigenvalue weighted by Crippen LogP contribution is -2.31. The summed E-state index contributed by atoms with van der Waals surface area (Å²) in [6, 6.07) is 5.53. The van der Waals surface area contributed by atoms with Gasteiger partial charge in [0.25, 0.3) is 0 Å². The van der Waals surface area contributed by atoms with Crippen LogP contribution in [-0.4, -0.2) is 45.8 Å². The SMILES string of the molecule is COc1cc(C2c3cc4c(c(O)c3CC3COC(=O)[C@@H]32)OCO4)cc(OC)c1OC. The van der Waals surface area contributed by atoms with E-state index in [4.69, 9.17) is 28.4 Å². The van der Waals surface area contributed by atoms with Crippen LogP contribution in [0.5, 0.6) is 34.5 Å². The summed E-state index contributed by atoms with van der Waals surface area (Å²) >= 11 is 0. The number of hydrogen-bond acceptors (Lipinski definition) is 8. The third kappa shape index (κ3) is 2.56. The van der Waals surface area contributed by atoms with Crippen molar-refractivity contribution >= 4 is 5.97 Å². The minimum atomic E-state index is -0.389. The molecule has 5 rings (SSSR count). The molecular formula is C22H22O8. The molecule has 0 spiro atoms. The third-order valence-electron chi connectivity index (χ3n) is 6.20. The molecule has 1 fully saturated rings. The maximum atomic E-state index is 12.7. The Morgan fingerprint density at radius 1 is 1.00 bits per heavy atom. The first-order valence-electron chi connectivity index (χ1n) is 9.68. The number of benzene rings is 2. The van der Waals surface area contributed by atoms with Crippen molar-refractivity contribution in [3.8, 4) is 34.5 Å². The first-order chi connectivity index (χ1) is 14.6. The molecule has 0 aromatic heterocycles. The molecule has 2 heterocycles. The Morgan fingerprint density at radius 3 is 2.40 bits per heavy atom. The Labute approximate surface area is 173 Å². The lowest BCUT2D eigenvalue weighted by atomic mass is 9.67. The second-order valence-corrected chi connectivity index (χ2v) is 7.58. The summed E-state index contributed by atoms with van der Waals surface area (Å²) in [4.78, 5) is 12.7. The van der Waals surface area contributed by atoms with Crippen molar-refractivity contribution < 1.29 is 38.3 Å². The van der Waals surface area contributed by atoms with E-state index in [-0.39, 0.29) is 36.3 Å². The molecule has 1 aliphatic carbocycles. The van der Waals surface area contributed by atoms with Crippen LogP contribution in [-0.2, 0) is 16.0 Å². The van der Waals surface area contributed by atoms with Gasteiger partial charge in [0.15, 0.2) is 23.0 Å². The quantitative estimate of drug-likeness (QED) is 0.764. The highest BCUT2D eigenvalue weighted by Gasteiger charge is 2.49. The minimum absolute atomic E-state index is 0.0511. The zero-order valence-corrected chi connectivity index (χ0v) is 16.9. The van der Waals surface area contributed by atoms with E-state index in [9.17, 15) is 9.90 Å². The van der Waals surface area contributed by atoms with Crippen LogP contribution in [0.3, 0.4) is 0 Å². The van der Waals surface area contributed by atoms with Gasteiger partial charge < -0.3 is 33.5 Å². The van der Waals surface area contributed by atoms with Crippen molar-refractivity contribution in [1.82, 2.24) is 0 Å². The number of phenols is 1. The Balaban J connectivity index is 1.75. The monoisotopic (exact) mass is 414 g/mol. The lowest BCUT2D eigenvalue weighted by molar-refractivity contribution is -0.141. The zero-order valence-electron chi connectivity index (χ0n) is 16.9. The minimum Gasteiger partial charge on any atom is -0.504 e. The zero-order chi connectivity index (χ0) is 21.0. The molecule has 1 N–H and O–H groups in total. The predicted molar refractivity (Wildman–Crippen MR) is 104 cm³/mol. The first kappa shape index (κ1) is 18.7. The summed E-state index contributed by atoms with van der Waals surface area (Å²) in [7, 11) is 4.64. The fraction of sp³-hybridized carbons (Fsp3) is 0.409. The molecule has 158 valence electrons. The molecule has 2 aliphatic heterocycles. The Hall–Kier alpha value is -3.29. The number of cyclic esters (lactones) is 1. The summed E-state index contributed by atoms with van der Waals surface area (Å²) in [6.45, 7) is 0.368. The molecular weight excluding hydrogens is 392 g/mol. The van der Waals surface area contributed by atoms with Gasteiger partial charge in [-0.25, -0.2) is 0 Å². The van der Waals surface area contributed by atoms with Crippen molar-refractivity contribution in [3.63, 3.8) is 0 Å². The second-order valence-electron chi connectivity index (χ2n) is 7.58. The van der Waals surface area contributed by atoms with E-state index in [2.05, 4.69) is 0 Å². The number of rotatable bonds is 4. The normalized spacial score (nSPS) is 23.4. The van der Waals surface area contributed by atoms with Gasteiger partial charge in [-0.3, -0.25) is 4.79 Å². The van der Waals surface area contributed by atoms with Crippen LogP contribution >= 0.6 is 0 Å². The van der Waals surface area contributed by atoms with E-state index >= 15 is 0 Å². The van der Waals surface area contributed by atoms with Crippen molar-refractivity contribution in [1.29, 1.82) is 0 Å². The largest absolute Gasteiger partial charge is 0.504 e. The van der Waals surface area contributed by atoms with Gasteiger partial charge in [-0.05, 0) is 35.7 Å². The third-order valence-corrected chi connectivity index (χ3v) is 6.20. The fourth-order valence-electron chi connectivity index (χ4n) is 4.87. The maximum Gasteiger partial charge on any atom is 0.310 e. The smallest absolute Gasteiger partial charge is 0.310 e. The molecule has 1 saturated heterocycles. The van der Waals surface area contributed by atoms with Gasteiger partial charge >= 0.3 is 5.97 Å². The molecule has 8 heteroatoms. The van der Waals surface area contributed by atoms with Gasteiger partial charge in [-0.15, -0.1) is 0 Å². The summed E-state index contributed by atoms with van der Waals surface area (Å²) in [5, 5.41) is 10.9. The molecule has 0 amide bonds. The highest BCUT2D eigenvalue weighted by atomic mass is 16.7. The average Bonchev–Trinajstić information content (AvgIpc) is 3.38. The van der Waals surface area contributed by atoms with E-state index < -0.39 is 0 Å². The molecule has 30 heavy (non-hydrogen) atoms. The van der Waals surface area contributed by atoms with Crippen molar-refractivity contribution in [2.24, 2.45) is 11.8 Å². The first-order valence-corrected chi connectivity index (χ1v) is 9.68. The van der Waals surface area contributed by atoms with Crippen LogP contribution in [0.1, 0.15) is 22.6 Å². The van der Waals surface area contributed by atoms with Crippen molar-refractivity contribution in [2.45, 2.75) is 12.3 Å². The number of carbonyl (C=O) groups excluding carboxylic acids is 1. The molecule has 0 saturated carbocycles. The number of ether oxygens (including phenoxy) is 6. The number of methoxy groups -OCH3 is 3. The summed E-state index contributed by atoms with van der Waals surface area (Å²) in [5.41, 5.74) is 2.36. The molecule has 0 bridgehead atoms. The predicted octanol–water partition coefficient (Wildman–Crippen LogP) is 2.62. The topological polar surface area (TPSA) is 92.7 Å². The van der Waals surface area contributed by atoms with Crippen molar-refractivity contribution in [3.05, 3.63) is 34.9 Å². The summed E-state index contributed by atoms with van der Waals surface area (Å²) in [6.07, 6.45) is 0.523. The van der Waals surface area contributed by atoms with Crippen LogP contribution in [0.2, 0.25) is 0 Å². The molecule has 3 atom stereocenters. The van der Waals surface area contributed by atoms with Crippen LogP contribution in [0.4, 0.5) is 0 Å². The molecule has 2 aromatic carbocycles. The van der Waals surface area contributed by atoms with E-state index in [0.29, 0.717) is 41.8 Å². The van der Waals surface area contributed by atoms with Gasteiger partial charge in [0.2, 0.25) is 18.3 Å². The average molecular weight is 414 g/mol. The number of hydrogen-bond donors (Lipinski definition) is 1. The molecule has 3 aliphatic rings. The van der Waals surface area contributed by atoms with Gasteiger partial charge in [-0.2, -0.15) is 0 Å². The van der Waals surface area contributed by atoms with Gasteiger partial charge in [0.05, 0.1) is 33.9 Å². The number of carbonyl (C=O) groups is 1. The van der Waals surface area contributed by atoms with Gasteiger partial charge in [0, 0.05) is 17.4 Å². The van der Waals surface area contributed by atoms with Crippen LogP contribution in [0, 0.1) is 11.8 Å². The van der Waals surface area contributed by atoms with E-state index in [1.807, 2.05) is 18.2 Å². The fourth-order valence-corrected chi connectivity index (χ4v) is 4.87. The number of phenolic OH excluding ortho intramolecular Hbond substituents is 1. The van der Waals surface area contributed by atoms with E-state index in [0.717, 1.165) is 16.7 Å². The molecule has 2 aromatic rings.